The molecule has 0 saturated carbocycles. The van der Waals surface area contributed by atoms with Gasteiger partial charge in [0.05, 0.1) is 0 Å². The van der Waals surface area contributed by atoms with E-state index in [1.54, 1.807) is 16.7 Å². The molecule has 0 nitrogen and oxygen atoms in total. The quantitative estimate of drug-likeness (QED) is 0.515. The predicted octanol–water partition coefficient (Wildman–Crippen LogP) is 6.29. The molecule has 18 heavy (non-hydrogen) atoms. The highest BCUT2D eigenvalue weighted by Crippen LogP contribution is 2.44. The summed E-state index contributed by atoms with van der Waals surface area (Å²) in [7, 11) is 0. The molecule has 0 aromatic carbocycles. The first-order valence-electron chi connectivity index (χ1n) is 7.57. The van der Waals surface area contributed by atoms with Gasteiger partial charge in [-0.15, -0.1) is 0 Å². The van der Waals surface area contributed by atoms with Gasteiger partial charge in [-0.1, -0.05) is 77.7 Å². The molecule has 0 N–H and O–H groups in total. The molecule has 0 aromatic heterocycles. The SMILES string of the molecule is CCCCC1=CCC(C(C)(C)C)=C(C(C)(C)C)C1. The summed E-state index contributed by atoms with van der Waals surface area (Å²) in [6, 6.07) is 0. The number of hydrogen-bond acceptors (Lipinski definition) is 0. The zero-order valence-electron chi connectivity index (χ0n) is 13.6. The van der Waals surface area contributed by atoms with E-state index in [2.05, 4.69) is 54.5 Å². The van der Waals surface area contributed by atoms with Crippen LogP contribution >= 0.6 is 0 Å². The Morgan fingerprint density at radius 1 is 0.944 bits per heavy atom. The molecule has 0 bridgehead atoms. The number of hydrogen-bond donors (Lipinski definition) is 0. The van der Waals surface area contributed by atoms with E-state index in [0.29, 0.717) is 10.8 Å². The van der Waals surface area contributed by atoms with Gasteiger partial charge in [0, 0.05) is 0 Å². The molecule has 0 fully saturated rings. The summed E-state index contributed by atoms with van der Waals surface area (Å²) in [5.74, 6) is 0. The Labute approximate surface area is 115 Å². The van der Waals surface area contributed by atoms with Gasteiger partial charge in [0.25, 0.3) is 0 Å². The van der Waals surface area contributed by atoms with E-state index in [1.165, 1.54) is 32.1 Å². The standard InChI is InChI=1S/C18H32/c1-8-9-10-14-11-12-15(17(2,3)4)16(13-14)18(5,6)7/h11H,8-10,12-13H2,1-7H3. The molecular weight excluding hydrogens is 216 g/mol. The lowest BCUT2D eigenvalue weighted by Gasteiger charge is -2.36. The third kappa shape index (κ3) is 4.00. The Kier molecular flexibility index (Phi) is 4.86. The molecular formula is C18H32. The first-order valence-corrected chi connectivity index (χ1v) is 7.57. The first kappa shape index (κ1) is 15.5. The highest BCUT2D eigenvalue weighted by molar-refractivity contribution is 5.35. The van der Waals surface area contributed by atoms with Crippen LogP contribution in [0.3, 0.4) is 0 Å². The Hall–Kier alpha value is -0.520. The lowest BCUT2D eigenvalue weighted by atomic mass is 9.69. The van der Waals surface area contributed by atoms with Gasteiger partial charge in [-0.25, -0.2) is 0 Å². The lowest BCUT2D eigenvalue weighted by molar-refractivity contribution is 0.422. The molecule has 0 atom stereocenters. The summed E-state index contributed by atoms with van der Waals surface area (Å²) in [6.45, 7) is 16.5. The maximum atomic E-state index is 2.51. The molecule has 0 spiro atoms. The van der Waals surface area contributed by atoms with E-state index in [0.717, 1.165) is 0 Å². The fraction of sp³-hybridized carbons (Fsp3) is 0.778. The summed E-state index contributed by atoms with van der Waals surface area (Å²) in [4.78, 5) is 0. The van der Waals surface area contributed by atoms with Crippen molar-refractivity contribution < 1.29 is 0 Å². The van der Waals surface area contributed by atoms with Gasteiger partial charge in [0.1, 0.15) is 0 Å². The molecule has 104 valence electrons. The molecule has 0 unspecified atom stereocenters. The average Bonchev–Trinajstić information content (AvgIpc) is 2.23. The van der Waals surface area contributed by atoms with Crippen molar-refractivity contribution in [2.45, 2.75) is 80.6 Å². The Bertz CT molecular complexity index is 339. The summed E-state index contributed by atoms with van der Waals surface area (Å²) in [5, 5.41) is 0. The molecule has 0 amide bonds. The third-order valence-electron chi connectivity index (χ3n) is 4.03. The largest absolute Gasteiger partial charge is 0.0809 e. The minimum atomic E-state index is 0.314. The van der Waals surface area contributed by atoms with Crippen LogP contribution in [0.15, 0.2) is 22.8 Å². The summed E-state index contributed by atoms with van der Waals surface area (Å²) in [6.07, 6.45) is 8.84. The fourth-order valence-electron chi connectivity index (χ4n) is 2.85. The second-order valence-corrected chi connectivity index (χ2v) is 7.80. The van der Waals surface area contributed by atoms with Crippen molar-refractivity contribution in [3.05, 3.63) is 22.8 Å². The third-order valence-corrected chi connectivity index (χ3v) is 4.03. The van der Waals surface area contributed by atoms with E-state index in [-0.39, 0.29) is 0 Å². The van der Waals surface area contributed by atoms with Crippen molar-refractivity contribution in [2.75, 3.05) is 0 Å². The van der Waals surface area contributed by atoms with E-state index < -0.39 is 0 Å². The Balaban J connectivity index is 2.96. The molecule has 0 heterocycles. The summed E-state index contributed by atoms with van der Waals surface area (Å²) >= 11 is 0. The van der Waals surface area contributed by atoms with Gasteiger partial charge in [-0.05, 0) is 36.5 Å². The van der Waals surface area contributed by atoms with Crippen LogP contribution in [0.25, 0.3) is 0 Å². The van der Waals surface area contributed by atoms with E-state index in [1.807, 2.05) is 0 Å². The molecule has 1 rings (SSSR count). The smallest absolute Gasteiger partial charge is 0.0100 e. The number of rotatable bonds is 3. The second-order valence-electron chi connectivity index (χ2n) is 7.80. The van der Waals surface area contributed by atoms with Gasteiger partial charge in [0.15, 0.2) is 0 Å². The summed E-state index contributed by atoms with van der Waals surface area (Å²) in [5.41, 5.74) is 5.68. The number of unbranched alkanes of at least 4 members (excludes halogenated alkanes) is 1. The van der Waals surface area contributed by atoms with Crippen molar-refractivity contribution in [3.63, 3.8) is 0 Å². The van der Waals surface area contributed by atoms with Crippen LogP contribution in [0.1, 0.15) is 80.6 Å². The molecule has 1 aliphatic carbocycles. The van der Waals surface area contributed by atoms with Gasteiger partial charge in [-0.2, -0.15) is 0 Å². The highest BCUT2D eigenvalue weighted by Gasteiger charge is 2.29. The van der Waals surface area contributed by atoms with Crippen LogP contribution in [0, 0.1) is 10.8 Å². The minimum Gasteiger partial charge on any atom is -0.0809 e. The van der Waals surface area contributed by atoms with Gasteiger partial charge in [-0.3, -0.25) is 0 Å². The molecule has 0 aromatic rings. The molecule has 0 heteroatoms. The van der Waals surface area contributed by atoms with E-state index >= 15 is 0 Å². The summed E-state index contributed by atoms with van der Waals surface area (Å²) < 4.78 is 0. The maximum Gasteiger partial charge on any atom is -0.0100 e. The minimum absolute atomic E-state index is 0.314. The topological polar surface area (TPSA) is 0 Å². The maximum absolute atomic E-state index is 2.51. The van der Waals surface area contributed by atoms with Crippen LogP contribution in [-0.4, -0.2) is 0 Å². The van der Waals surface area contributed by atoms with Crippen molar-refractivity contribution >= 4 is 0 Å². The average molecular weight is 248 g/mol. The molecule has 0 radical (unpaired) electrons. The van der Waals surface area contributed by atoms with Crippen LogP contribution in [0.2, 0.25) is 0 Å². The van der Waals surface area contributed by atoms with Crippen molar-refractivity contribution in [1.29, 1.82) is 0 Å². The van der Waals surface area contributed by atoms with E-state index in [9.17, 15) is 0 Å². The van der Waals surface area contributed by atoms with Gasteiger partial charge >= 0.3 is 0 Å². The normalized spacial score (nSPS) is 18.1. The second kappa shape index (κ2) is 5.63. The van der Waals surface area contributed by atoms with Gasteiger partial charge < -0.3 is 0 Å². The van der Waals surface area contributed by atoms with Crippen LogP contribution < -0.4 is 0 Å². The Morgan fingerprint density at radius 3 is 1.94 bits per heavy atom. The molecule has 0 aliphatic heterocycles. The van der Waals surface area contributed by atoms with Crippen molar-refractivity contribution in [1.82, 2.24) is 0 Å². The van der Waals surface area contributed by atoms with Crippen molar-refractivity contribution in [3.8, 4) is 0 Å². The van der Waals surface area contributed by atoms with Crippen LogP contribution in [0.4, 0.5) is 0 Å². The van der Waals surface area contributed by atoms with Crippen LogP contribution in [0.5, 0.6) is 0 Å². The zero-order chi connectivity index (χ0) is 14.0. The zero-order valence-corrected chi connectivity index (χ0v) is 13.6. The van der Waals surface area contributed by atoms with Crippen molar-refractivity contribution in [2.24, 2.45) is 10.8 Å². The van der Waals surface area contributed by atoms with E-state index in [4.69, 9.17) is 0 Å². The first-order chi connectivity index (χ1) is 8.16. The monoisotopic (exact) mass is 248 g/mol. The van der Waals surface area contributed by atoms with Gasteiger partial charge in [0.2, 0.25) is 0 Å². The lowest BCUT2D eigenvalue weighted by Crippen LogP contribution is -2.22. The Morgan fingerprint density at radius 2 is 1.50 bits per heavy atom. The predicted molar refractivity (Wildman–Crippen MR) is 82.8 cm³/mol. The molecule has 0 saturated heterocycles. The van der Waals surface area contributed by atoms with Crippen LogP contribution in [-0.2, 0) is 0 Å². The molecule has 1 aliphatic rings. The number of allylic oxidation sites excluding steroid dienone is 4. The fourth-order valence-corrected chi connectivity index (χ4v) is 2.85. The highest BCUT2D eigenvalue weighted by atomic mass is 14.3.